The van der Waals surface area contributed by atoms with Crippen LogP contribution < -0.4 is 10.6 Å². The highest BCUT2D eigenvalue weighted by Gasteiger charge is 2.39. The quantitative estimate of drug-likeness (QED) is 0.444. The van der Waals surface area contributed by atoms with Gasteiger partial charge in [0.05, 0.1) is 0 Å². The van der Waals surface area contributed by atoms with Gasteiger partial charge in [-0.1, -0.05) is 27.7 Å². The number of carbonyl (C=O) groups is 2. The van der Waals surface area contributed by atoms with E-state index in [1.807, 2.05) is 0 Å². The lowest BCUT2D eigenvalue weighted by molar-refractivity contribution is 0.0549. The fourth-order valence-electron chi connectivity index (χ4n) is 4.47. The molecule has 1 heterocycles. The lowest BCUT2D eigenvalue weighted by Gasteiger charge is -2.45. The topological polar surface area (TPSA) is 102 Å². The smallest absolute Gasteiger partial charge is 0.404 e. The van der Waals surface area contributed by atoms with Crippen LogP contribution in [0, 0.1) is 11.8 Å². The van der Waals surface area contributed by atoms with E-state index in [2.05, 4.69) is 43.2 Å². The zero-order chi connectivity index (χ0) is 19.7. The highest BCUT2D eigenvalue weighted by atomic mass is 16.4. The first-order valence-corrected chi connectivity index (χ1v) is 9.86. The minimum absolute atomic E-state index is 0.0560. The summed E-state index contributed by atoms with van der Waals surface area (Å²) in [6, 6.07) is -0.412. The maximum Gasteiger partial charge on any atom is 0.404 e. The Balaban J connectivity index is 2.91. The molecule has 0 aromatic heterocycles. The number of nitrogens with one attached hydrogen (secondary N) is 2. The third-order valence-electron chi connectivity index (χ3n) is 5.14. The molecular formula is C19H37N3O4. The van der Waals surface area contributed by atoms with E-state index < -0.39 is 18.2 Å². The van der Waals surface area contributed by atoms with Gasteiger partial charge in [-0.2, -0.15) is 0 Å². The number of amides is 2. The molecule has 1 saturated heterocycles. The van der Waals surface area contributed by atoms with Crippen molar-refractivity contribution in [2.45, 2.75) is 77.8 Å². The van der Waals surface area contributed by atoms with Gasteiger partial charge in [0.1, 0.15) is 0 Å². The number of carboxylic acid groups (broad SMARTS) is 2. The Kier molecular flexibility index (Phi) is 9.19. The monoisotopic (exact) mass is 371 g/mol. The lowest BCUT2D eigenvalue weighted by Crippen LogP contribution is -2.51. The maximum absolute atomic E-state index is 11.1. The zero-order valence-electron chi connectivity index (χ0n) is 16.8. The van der Waals surface area contributed by atoms with Gasteiger partial charge in [-0.05, 0) is 63.5 Å². The SMILES string of the molecule is CC(C)CC(CCC(CNC(=O)O)NC(=O)O)(CC(C)C)N1CCCC1. The Morgan fingerprint density at radius 1 is 1.00 bits per heavy atom. The van der Waals surface area contributed by atoms with Crippen LogP contribution in [0.5, 0.6) is 0 Å². The predicted molar refractivity (Wildman–Crippen MR) is 103 cm³/mol. The largest absolute Gasteiger partial charge is 0.465 e. The third kappa shape index (κ3) is 7.81. The molecule has 7 heteroatoms. The lowest BCUT2D eigenvalue weighted by atomic mass is 9.76. The normalized spacial score (nSPS) is 16.8. The molecule has 152 valence electrons. The van der Waals surface area contributed by atoms with E-state index in [1.165, 1.54) is 12.8 Å². The molecule has 2 amide bonds. The average molecular weight is 372 g/mol. The second-order valence-electron chi connectivity index (χ2n) is 8.49. The number of nitrogens with zero attached hydrogens (tertiary/aromatic N) is 1. The van der Waals surface area contributed by atoms with Crippen molar-refractivity contribution in [2.75, 3.05) is 19.6 Å². The summed E-state index contributed by atoms with van der Waals surface area (Å²) < 4.78 is 0. The fourth-order valence-corrected chi connectivity index (χ4v) is 4.47. The van der Waals surface area contributed by atoms with Crippen molar-refractivity contribution in [3.63, 3.8) is 0 Å². The molecular weight excluding hydrogens is 334 g/mol. The fraction of sp³-hybridized carbons (Fsp3) is 0.895. The second kappa shape index (κ2) is 10.6. The average Bonchev–Trinajstić information content (AvgIpc) is 3.02. The predicted octanol–water partition coefficient (Wildman–Crippen LogP) is 3.60. The molecule has 0 spiro atoms. The molecule has 0 radical (unpaired) electrons. The number of hydrogen-bond acceptors (Lipinski definition) is 3. The molecule has 1 rings (SSSR count). The molecule has 0 aromatic rings. The van der Waals surface area contributed by atoms with E-state index >= 15 is 0 Å². The van der Waals surface area contributed by atoms with Gasteiger partial charge in [0, 0.05) is 18.1 Å². The molecule has 1 unspecified atom stereocenters. The molecule has 7 nitrogen and oxygen atoms in total. The molecule has 0 saturated carbocycles. The first kappa shape index (κ1) is 22.5. The van der Waals surface area contributed by atoms with Crippen molar-refractivity contribution in [3.05, 3.63) is 0 Å². The summed E-state index contributed by atoms with van der Waals surface area (Å²) >= 11 is 0. The van der Waals surface area contributed by atoms with Gasteiger partial charge in [-0.25, -0.2) is 9.59 Å². The van der Waals surface area contributed by atoms with Crippen molar-refractivity contribution >= 4 is 12.2 Å². The Bertz CT molecular complexity index is 438. The van der Waals surface area contributed by atoms with Crippen LogP contribution in [0.3, 0.4) is 0 Å². The van der Waals surface area contributed by atoms with Crippen LogP contribution in [0.4, 0.5) is 9.59 Å². The van der Waals surface area contributed by atoms with Crippen LogP contribution in [0.1, 0.15) is 66.2 Å². The summed E-state index contributed by atoms with van der Waals surface area (Å²) in [7, 11) is 0. The van der Waals surface area contributed by atoms with Crippen LogP contribution in [0.15, 0.2) is 0 Å². The van der Waals surface area contributed by atoms with Crippen LogP contribution in [-0.4, -0.2) is 58.5 Å². The molecule has 1 aliphatic rings. The van der Waals surface area contributed by atoms with Crippen molar-refractivity contribution in [1.29, 1.82) is 0 Å². The molecule has 0 bridgehead atoms. The van der Waals surface area contributed by atoms with Gasteiger partial charge in [-0.15, -0.1) is 0 Å². The van der Waals surface area contributed by atoms with Gasteiger partial charge in [0.25, 0.3) is 0 Å². The Labute approximate surface area is 157 Å². The van der Waals surface area contributed by atoms with Gasteiger partial charge >= 0.3 is 12.2 Å². The Morgan fingerprint density at radius 3 is 1.96 bits per heavy atom. The van der Waals surface area contributed by atoms with E-state index in [9.17, 15) is 9.59 Å². The maximum atomic E-state index is 11.1. The molecule has 4 N–H and O–H groups in total. The molecule has 1 aliphatic heterocycles. The van der Waals surface area contributed by atoms with E-state index in [1.54, 1.807) is 0 Å². The van der Waals surface area contributed by atoms with Gasteiger partial charge < -0.3 is 20.8 Å². The van der Waals surface area contributed by atoms with Crippen molar-refractivity contribution in [3.8, 4) is 0 Å². The second-order valence-corrected chi connectivity index (χ2v) is 8.49. The molecule has 0 aromatic carbocycles. The molecule has 1 atom stereocenters. The number of hydrogen-bond donors (Lipinski definition) is 4. The Hall–Kier alpha value is -1.50. The first-order chi connectivity index (χ1) is 12.1. The summed E-state index contributed by atoms with van der Waals surface area (Å²) in [5.41, 5.74) is 0.0560. The van der Waals surface area contributed by atoms with Crippen LogP contribution in [-0.2, 0) is 0 Å². The number of rotatable bonds is 11. The number of likely N-dealkylation sites (tertiary alicyclic amines) is 1. The summed E-state index contributed by atoms with van der Waals surface area (Å²) in [5.74, 6) is 1.11. The van der Waals surface area contributed by atoms with Crippen molar-refractivity contribution in [2.24, 2.45) is 11.8 Å². The highest BCUT2D eigenvalue weighted by Crippen LogP contribution is 2.38. The Morgan fingerprint density at radius 2 is 1.54 bits per heavy atom. The van der Waals surface area contributed by atoms with Crippen LogP contribution >= 0.6 is 0 Å². The standard InChI is InChI=1S/C19H37N3O4/c1-14(2)11-19(12-15(3)4,22-9-5-6-10-22)8-7-16(21-18(25)26)13-20-17(23)24/h14-16,20-21H,5-13H2,1-4H3,(H,23,24)(H,25,26). The van der Waals surface area contributed by atoms with E-state index in [4.69, 9.17) is 10.2 Å². The van der Waals surface area contributed by atoms with E-state index in [0.717, 1.165) is 32.4 Å². The molecule has 26 heavy (non-hydrogen) atoms. The summed E-state index contributed by atoms with van der Waals surface area (Å²) in [6.07, 6.45) is 3.86. The summed E-state index contributed by atoms with van der Waals surface area (Å²) in [4.78, 5) is 24.5. The van der Waals surface area contributed by atoms with Crippen LogP contribution in [0.25, 0.3) is 0 Å². The molecule has 0 aliphatic carbocycles. The third-order valence-corrected chi connectivity index (χ3v) is 5.14. The summed E-state index contributed by atoms with van der Waals surface area (Å²) in [5, 5.41) is 22.7. The van der Waals surface area contributed by atoms with Crippen LogP contribution in [0.2, 0.25) is 0 Å². The van der Waals surface area contributed by atoms with E-state index in [-0.39, 0.29) is 12.1 Å². The zero-order valence-corrected chi connectivity index (χ0v) is 16.8. The van der Waals surface area contributed by atoms with Gasteiger partial charge in [0.2, 0.25) is 0 Å². The van der Waals surface area contributed by atoms with Crippen molar-refractivity contribution < 1.29 is 19.8 Å². The van der Waals surface area contributed by atoms with Gasteiger partial charge in [0.15, 0.2) is 0 Å². The van der Waals surface area contributed by atoms with E-state index in [0.29, 0.717) is 18.3 Å². The first-order valence-electron chi connectivity index (χ1n) is 9.86. The van der Waals surface area contributed by atoms with Gasteiger partial charge in [-0.3, -0.25) is 4.90 Å². The minimum Gasteiger partial charge on any atom is -0.465 e. The minimum atomic E-state index is -1.13. The van der Waals surface area contributed by atoms with Crippen molar-refractivity contribution in [1.82, 2.24) is 15.5 Å². The summed E-state index contributed by atoms with van der Waals surface area (Å²) in [6.45, 7) is 11.3. The molecule has 1 fully saturated rings. The highest BCUT2D eigenvalue weighted by molar-refractivity contribution is 5.66.